The van der Waals surface area contributed by atoms with Gasteiger partial charge in [-0.2, -0.15) is 0 Å². The van der Waals surface area contributed by atoms with Crippen molar-refractivity contribution in [2.75, 3.05) is 6.61 Å². The van der Waals surface area contributed by atoms with Gasteiger partial charge in [-0.25, -0.2) is 9.97 Å². The van der Waals surface area contributed by atoms with Gasteiger partial charge in [-0.1, -0.05) is 17.8 Å². The molecule has 26 heavy (non-hydrogen) atoms. The summed E-state index contributed by atoms with van der Waals surface area (Å²) in [6.07, 6.45) is 1.80. The van der Waals surface area contributed by atoms with Crippen LogP contribution in [0.3, 0.4) is 0 Å². The summed E-state index contributed by atoms with van der Waals surface area (Å²) in [5, 5.41) is 0.791. The smallest absolute Gasteiger partial charge is 0.258 e. The first-order valence-corrected chi connectivity index (χ1v) is 9.35. The van der Waals surface area contributed by atoms with Gasteiger partial charge in [0.25, 0.3) is 5.56 Å². The maximum atomic E-state index is 12.3. The average Bonchev–Trinajstić information content (AvgIpc) is 3.03. The van der Waals surface area contributed by atoms with Crippen molar-refractivity contribution in [2.24, 2.45) is 0 Å². The summed E-state index contributed by atoms with van der Waals surface area (Å²) in [6.45, 7) is 4.54. The zero-order valence-corrected chi connectivity index (χ0v) is 15.3. The van der Waals surface area contributed by atoms with Gasteiger partial charge in [0.15, 0.2) is 5.16 Å². The molecule has 0 unspecified atom stereocenters. The lowest BCUT2D eigenvalue weighted by atomic mass is 10.3. The fourth-order valence-corrected chi connectivity index (χ4v) is 3.54. The Morgan fingerprint density at radius 3 is 2.92 bits per heavy atom. The summed E-state index contributed by atoms with van der Waals surface area (Å²) in [7, 11) is 0. The second-order valence-corrected chi connectivity index (χ2v) is 6.93. The Kier molecular flexibility index (Phi) is 4.38. The largest absolute Gasteiger partial charge is 0.494 e. The fraction of sp³-hybridized carbons (Fsp3) is 0.211. The summed E-state index contributed by atoms with van der Waals surface area (Å²) >= 11 is 1.52. The third kappa shape index (κ3) is 3.30. The molecule has 0 atom stereocenters. The van der Waals surface area contributed by atoms with Gasteiger partial charge in [0.2, 0.25) is 0 Å². The third-order valence-corrected chi connectivity index (χ3v) is 4.87. The van der Waals surface area contributed by atoms with E-state index in [1.54, 1.807) is 16.7 Å². The number of aromatic amines is 1. The van der Waals surface area contributed by atoms with E-state index in [-0.39, 0.29) is 5.56 Å². The molecule has 0 spiro atoms. The van der Waals surface area contributed by atoms with Gasteiger partial charge < -0.3 is 9.72 Å². The predicted molar refractivity (Wildman–Crippen MR) is 103 cm³/mol. The molecule has 1 aromatic carbocycles. The van der Waals surface area contributed by atoms with E-state index < -0.39 is 0 Å². The number of rotatable bonds is 5. The molecule has 0 amide bonds. The molecule has 0 aliphatic rings. The molecule has 0 radical (unpaired) electrons. The van der Waals surface area contributed by atoms with Crippen LogP contribution in [-0.4, -0.2) is 26.0 Å². The maximum Gasteiger partial charge on any atom is 0.258 e. The van der Waals surface area contributed by atoms with Crippen molar-refractivity contribution in [1.29, 1.82) is 0 Å². The van der Waals surface area contributed by atoms with Crippen LogP contribution in [-0.2, 0) is 5.75 Å². The van der Waals surface area contributed by atoms with E-state index in [1.807, 2.05) is 44.2 Å². The summed E-state index contributed by atoms with van der Waals surface area (Å²) in [5.74, 6) is 1.39. The van der Waals surface area contributed by atoms with Crippen LogP contribution in [0.15, 0.2) is 52.5 Å². The molecule has 0 aliphatic carbocycles. The number of hydrogen-bond acceptors (Lipinski definition) is 5. The summed E-state index contributed by atoms with van der Waals surface area (Å²) in [5.41, 5.74) is 4.17. The minimum Gasteiger partial charge on any atom is -0.494 e. The Labute approximate surface area is 154 Å². The summed E-state index contributed by atoms with van der Waals surface area (Å²) in [6, 6.07) is 11.2. The van der Waals surface area contributed by atoms with Gasteiger partial charge in [-0.3, -0.25) is 9.20 Å². The van der Waals surface area contributed by atoms with E-state index in [4.69, 9.17) is 4.74 Å². The van der Waals surface area contributed by atoms with Crippen molar-refractivity contribution in [1.82, 2.24) is 19.4 Å². The molecule has 0 fully saturated rings. The van der Waals surface area contributed by atoms with E-state index in [1.165, 1.54) is 11.8 Å². The van der Waals surface area contributed by atoms with E-state index in [2.05, 4.69) is 15.0 Å². The maximum absolute atomic E-state index is 12.3. The Bertz CT molecular complexity index is 1150. The van der Waals surface area contributed by atoms with Crippen LogP contribution >= 0.6 is 11.8 Å². The van der Waals surface area contributed by atoms with Gasteiger partial charge in [-0.05, 0) is 37.6 Å². The molecule has 1 N–H and O–H groups in total. The molecule has 3 heterocycles. The number of nitrogens with zero attached hydrogens (tertiary/aromatic N) is 3. The second kappa shape index (κ2) is 6.84. The van der Waals surface area contributed by atoms with Crippen molar-refractivity contribution < 1.29 is 4.74 Å². The van der Waals surface area contributed by atoms with E-state index in [9.17, 15) is 4.79 Å². The molecule has 0 saturated heterocycles. The molecule has 7 heteroatoms. The SMILES string of the molecule is CCOc1ccc2nc(SCc3cc(=O)n4cc(C)ccc4n3)[nH]c2c1. The third-order valence-electron chi connectivity index (χ3n) is 3.96. The van der Waals surface area contributed by atoms with Gasteiger partial charge in [0.05, 0.1) is 23.3 Å². The number of benzene rings is 1. The van der Waals surface area contributed by atoms with E-state index in [0.717, 1.165) is 33.2 Å². The van der Waals surface area contributed by atoms with Crippen molar-refractivity contribution >= 4 is 28.4 Å². The lowest BCUT2D eigenvalue weighted by Gasteiger charge is -2.04. The monoisotopic (exact) mass is 366 g/mol. The number of aryl methyl sites for hydroxylation is 1. The number of pyridine rings is 1. The zero-order chi connectivity index (χ0) is 18.1. The van der Waals surface area contributed by atoms with E-state index in [0.29, 0.717) is 18.0 Å². The number of aromatic nitrogens is 4. The van der Waals surface area contributed by atoms with Crippen LogP contribution in [0.4, 0.5) is 0 Å². The van der Waals surface area contributed by atoms with Gasteiger partial charge in [0, 0.05) is 24.1 Å². The Balaban J connectivity index is 1.57. The Hall–Kier alpha value is -2.80. The zero-order valence-electron chi connectivity index (χ0n) is 14.5. The minimum atomic E-state index is -0.0692. The van der Waals surface area contributed by atoms with Gasteiger partial charge in [0.1, 0.15) is 11.4 Å². The summed E-state index contributed by atoms with van der Waals surface area (Å²) < 4.78 is 7.08. The van der Waals surface area contributed by atoms with Crippen LogP contribution < -0.4 is 10.3 Å². The molecular formula is C19H18N4O2S. The molecule has 0 bridgehead atoms. The van der Waals surface area contributed by atoms with E-state index >= 15 is 0 Å². The van der Waals surface area contributed by atoms with Crippen LogP contribution in [0.25, 0.3) is 16.7 Å². The Morgan fingerprint density at radius 2 is 2.08 bits per heavy atom. The number of imidazole rings is 1. The van der Waals surface area contributed by atoms with Gasteiger partial charge in [-0.15, -0.1) is 0 Å². The first kappa shape index (κ1) is 16.7. The molecule has 0 saturated carbocycles. The van der Waals surface area contributed by atoms with Crippen molar-refractivity contribution in [3.05, 3.63) is 64.2 Å². The number of hydrogen-bond donors (Lipinski definition) is 1. The highest BCUT2D eigenvalue weighted by molar-refractivity contribution is 7.98. The molecular weight excluding hydrogens is 348 g/mol. The molecule has 6 nitrogen and oxygen atoms in total. The molecule has 132 valence electrons. The molecule has 4 aromatic rings. The van der Waals surface area contributed by atoms with Gasteiger partial charge >= 0.3 is 0 Å². The number of nitrogens with one attached hydrogen (secondary N) is 1. The minimum absolute atomic E-state index is 0.0692. The lowest BCUT2D eigenvalue weighted by Crippen LogP contribution is -2.15. The lowest BCUT2D eigenvalue weighted by molar-refractivity contribution is 0.340. The Morgan fingerprint density at radius 1 is 1.19 bits per heavy atom. The average molecular weight is 366 g/mol. The van der Waals surface area contributed by atoms with Crippen LogP contribution in [0.2, 0.25) is 0 Å². The second-order valence-electron chi connectivity index (χ2n) is 5.96. The topological polar surface area (TPSA) is 72.3 Å². The quantitative estimate of drug-likeness (QED) is 0.547. The summed E-state index contributed by atoms with van der Waals surface area (Å²) in [4.78, 5) is 24.7. The number of fused-ring (bicyclic) bond motifs is 2. The van der Waals surface area contributed by atoms with Crippen LogP contribution in [0.1, 0.15) is 18.2 Å². The fourth-order valence-electron chi connectivity index (χ4n) is 2.76. The number of ether oxygens (including phenoxy) is 1. The normalized spacial score (nSPS) is 11.3. The van der Waals surface area contributed by atoms with Crippen molar-refractivity contribution in [3.63, 3.8) is 0 Å². The standard InChI is InChI=1S/C19H18N4O2S/c1-3-25-14-5-6-15-16(9-14)22-19(21-15)26-11-13-8-18(24)23-10-12(2)4-7-17(23)20-13/h4-10H,3,11H2,1-2H3,(H,21,22). The number of H-pyrrole nitrogens is 1. The highest BCUT2D eigenvalue weighted by Crippen LogP contribution is 2.25. The predicted octanol–water partition coefficient (Wildman–Crippen LogP) is 3.57. The molecule has 0 aliphatic heterocycles. The number of thioether (sulfide) groups is 1. The van der Waals surface area contributed by atoms with Crippen LogP contribution in [0, 0.1) is 6.92 Å². The molecule has 3 aromatic heterocycles. The van der Waals surface area contributed by atoms with Crippen molar-refractivity contribution in [2.45, 2.75) is 24.8 Å². The first-order chi connectivity index (χ1) is 12.6. The highest BCUT2D eigenvalue weighted by atomic mass is 32.2. The van der Waals surface area contributed by atoms with Crippen LogP contribution in [0.5, 0.6) is 5.75 Å². The highest BCUT2D eigenvalue weighted by Gasteiger charge is 2.08. The van der Waals surface area contributed by atoms with Crippen molar-refractivity contribution in [3.8, 4) is 5.75 Å². The molecule has 4 rings (SSSR count). The first-order valence-electron chi connectivity index (χ1n) is 8.36.